The lowest BCUT2D eigenvalue weighted by Crippen LogP contribution is -2.42. The van der Waals surface area contributed by atoms with Crippen LogP contribution in [0.2, 0.25) is 0 Å². The van der Waals surface area contributed by atoms with Gasteiger partial charge in [-0.25, -0.2) is 13.4 Å². The number of sulfonamides is 1. The van der Waals surface area contributed by atoms with Crippen molar-refractivity contribution in [1.82, 2.24) is 9.29 Å². The summed E-state index contributed by atoms with van der Waals surface area (Å²) >= 11 is 0. The number of piperidine rings is 1. The highest BCUT2D eigenvalue weighted by molar-refractivity contribution is 7.89. The largest absolute Gasteiger partial charge is 0.494 e. The second-order valence-electron chi connectivity index (χ2n) is 11.5. The van der Waals surface area contributed by atoms with Crippen LogP contribution in [0.4, 0.5) is 19.0 Å². The highest BCUT2D eigenvalue weighted by Gasteiger charge is 2.64. The third kappa shape index (κ3) is 4.84. The number of alkyl halides is 3. The molecule has 0 atom stereocenters. The standard InChI is InChI=1S/C26H33BF3N3O4S/c1-23(2)24(3,4)37-27(36-23)19-6-8-21(9-7-19)38(34,35)33-15-11-20(12-16-33)32-22-10-5-18(17-31-22)25(13-14-25)26(28,29)30/h5-10,17,20H,11-16H2,1-4H3,(H,31,32). The summed E-state index contributed by atoms with van der Waals surface area (Å²) in [6.07, 6.45) is -1.66. The molecule has 38 heavy (non-hydrogen) atoms. The number of nitrogens with zero attached hydrogens (tertiary/aromatic N) is 2. The molecule has 2 aromatic rings. The molecule has 3 fully saturated rings. The van der Waals surface area contributed by atoms with E-state index >= 15 is 0 Å². The van der Waals surface area contributed by atoms with Gasteiger partial charge in [0.05, 0.1) is 21.5 Å². The number of benzene rings is 1. The molecule has 1 saturated carbocycles. The number of aromatic nitrogens is 1. The highest BCUT2D eigenvalue weighted by Crippen LogP contribution is 2.58. The molecule has 12 heteroatoms. The van der Waals surface area contributed by atoms with Gasteiger partial charge in [-0.3, -0.25) is 0 Å². The van der Waals surface area contributed by atoms with Gasteiger partial charge < -0.3 is 14.6 Å². The molecule has 1 aromatic heterocycles. The summed E-state index contributed by atoms with van der Waals surface area (Å²) in [5.74, 6) is 0.492. The van der Waals surface area contributed by atoms with Gasteiger partial charge in [0.25, 0.3) is 0 Å². The van der Waals surface area contributed by atoms with Crippen molar-refractivity contribution in [1.29, 1.82) is 0 Å². The molecule has 0 amide bonds. The Morgan fingerprint density at radius 2 is 1.55 bits per heavy atom. The van der Waals surface area contributed by atoms with Gasteiger partial charge in [-0.05, 0) is 82.6 Å². The summed E-state index contributed by atoms with van der Waals surface area (Å²) in [5, 5.41) is 3.24. The van der Waals surface area contributed by atoms with E-state index in [4.69, 9.17) is 9.31 Å². The first-order valence-electron chi connectivity index (χ1n) is 12.9. The van der Waals surface area contributed by atoms with Gasteiger partial charge in [-0.15, -0.1) is 0 Å². The van der Waals surface area contributed by atoms with Gasteiger partial charge in [0.1, 0.15) is 5.82 Å². The first-order chi connectivity index (χ1) is 17.6. The maximum absolute atomic E-state index is 13.3. The Hall–Kier alpha value is -2.15. The lowest BCUT2D eigenvalue weighted by atomic mass is 9.79. The zero-order valence-electron chi connectivity index (χ0n) is 22.0. The number of nitrogens with one attached hydrogen (secondary N) is 1. The topological polar surface area (TPSA) is 80.8 Å². The molecule has 3 aliphatic rings. The average molecular weight is 551 g/mol. The van der Waals surface area contributed by atoms with Crippen LogP contribution in [0.15, 0.2) is 47.5 Å². The maximum atomic E-state index is 13.3. The fourth-order valence-corrected chi connectivity index (χ4v) is 6.47. The zero-order valence-corrected chi connectivity index (χ0v) is 22.8. The fourth-order valence-electron chi connectivity index (χ4n) is 5.00. The Balaban J connectivity index is 1.17. The molecule has 7 nitrogen and oxygen atoms in total. The number of pyridine rings is 1. The van der Waals surface area contributed by atoms with Crippen molar-refractivity contribution in [2.45, 2.75) is 87.1 Å². The molecule has 0 radical (unpaired) electrons. The average Bonchev–Trinajstić information content (AvgIpc) is 3.63. The third-order valence-corrected chi connectivity index (χ3v) is 10.4. The molecule has 2 saturated heterocycles. The summed E-state index contributed by atoms with van der Waals surface area (Å²) in [6, 6.07) is 9.65. The predicted molar refractivity (Wildman–Crippen MR) is 139 cm³/mol. The Kier molecular flexibility index (Phi) is 6.65. The molecule has 0 spiro atoms. The minimum absolute atomic E-state index is 0.0250. The normalized spacial score (nSPS) is 23.4. The predicted octanol–water partition coefficient (Wildman–Crippen LogP) is 4.24. The van der Waals surface area contributed by atoms with E-state index in [1.807, 2.05) is 27.7 Å². The van der Waals surface area contributed by atoms with E-state index in [1.54, 1.807) is 30.3 Å². The molecule has 1 aromatic carbocycles. The number of rotatable bonds is 6. The highest BCUT2D eigenvalue weighted by atomic mass is 32.2. The van der Waals surface area contributed by atoms with Gasteiger partial charge in [-0.1, -0.05) is 18.2 Å². The van der Waals surface area contributed by atoms with Crippen LogP contribution in [0.25, 0.3) is 0 Å². The Morgan fingerprint density at radius 1 is 0.974 bits per heavy atom. The monoisotopic (exact) mass is 551 g/mol. The van der Waals surface area contributed by atoms with E-state index in [0.717, 1.165) is 5.46 Å². The van der Waals surface area contributed by atoms with Crippen LogP contribution >= 0.6 is 0 Å². The summed E-state index contributed by atoms with van der Waals surface area (Å²) in [4.78, 5) is 4.41. The molecule has 3 heterocycles. The van der Waals surface area contributed by atoms with Crippen molar-refractivity contribution in [3.05, 3.63) is 48.2 Å². The zero-order chi connectivity index (χ0) is 27.6. The second-order valence-corrected chi connectivity index (χ2v) is 13.4. The SMILES string of the molecule is CC1(C)OB(c2ccc(S(=O)(=O)N3CCC(Nc4ccc(C5(C(F)(F)F)CC5)cn4)CC3)cc2)OC1(C)C. The summed E-state index contributed by atoms with van der Waals surface area (Å²) in [6.45, 7) is 8.51. The molecule has 206 valence electrons. The van der Waals surface area contributed by atoms with Gasteiger partial charge in [-0.2, -0.15) is 17.5 Å². The van der Waals surface area contributed by atoms with Crippen molar-refractivity contribution in [3.63, 3.8) is 0 Å². The van der Waals surface area contributed by atoms with Crippen molar-refractivity contribution >= 4 is 28.4 Å². The van der Waals surface area contributed by atoms with Crippen LogP contribution in [0.1, 0.15) is 58.9 Å². The third-order valence-electron chi connectivity index (χ3n) is 8.46. The van der Waals surface area contributed by atoms with Crippen LogP contribution in [-0.2, 0) is 24.7 Å². The molecule has 1 aliphatic carbocycles. The molecular weight excluding hydrogens is 518 g/mol. The molecule has 2 aliphatic heterocycles. The smallest absolute Gasteiger partial charge is 0.399 e. The molecule has 0 bridgehead atoms. The van der Waals surface area contributed by atoms with E-state index < -0.39 is 39.9 Å². The van der Waals surface area contributed by atoms with Gasteiger partial charge >= 0.3 is 13.3 Å². The van der Waals surface area contributed by atoms with Crippen LogP contribution in [0.5, 0.6) is 0 Å². The first-order valence-corrected chi connectivity index (χ1v) is 14.3. The first kappa shape index (κ1) is 27.4. The molecule has 5 rings (SSSR count). The van der Waals surface area contributed by atoms with E-state index in [0.29, 0.717) is 31.7 Å². The molecule has 0 unspecified atom stereocenters. The van der Waals surface area contributed by atoms with Crippen LogP contribution in [-0.4, -0.2) is 61.3 Å². The van der Waals surface area contributed by atoms with Crippen molar-refractivity contribution in [2.24, 2.45) is 0 Å². The molecular formula is C26H33BF3N3O4S. The van der Waals surface area contributed by atoms with E-state index in [-0.39, 0.29) is 29.3 Å². The number of halogens is 3. The fraction of sp³-hybridized carbons (Fsp3) is 0.577. The van der Waals surface area contributed by atoms with Crippen LogP contribution in [0.3, 0.4) is 0 Å². The van der Waals surface area contributed by atoms with Gasteiger partial charge in [0.2, 0.25) is 10.0 Å². The summed E-state index contributed by atoms with van der Waals surface area (Å²) < 4.78 is 80.1. The van der Waals surface area contributed by atoms with Crippen LogP contribution < -0.4 is 10.8 Å². The quantitative estimate of drug-likeness (QED) is 0.542. The van der Waals surface area contributed by atoms with Crippen LogP contribution in [0, 0.1) is 0 Å². The number of hydrogen-bond acceptors (Lipinski definition) is 6. The van der Waals surface area contributed by atoms with E-state index in [1.165, 1.54) is 16.6 Å². The lowest BCUT2D eigenvalue weighted by Gasteiger charge is -2.32. The van der Waals surface area contributed by atoms with E-state index in [9.17, 15) is 21.6 Å². The Bertz CT molecular complexity index is 1260. The minimum atomic E-state index is -4.27. The Morgan fingerprint density at radius 3 is 2.03 bits per heavy atom. The summed E-state index contributed by atoms with van der Waals surface area (Å²) in [5.41, 5.74) is -1.77. The van der Waals surface area contributed by atoms with E-state index in [2.05, 4.69) is 10.3 Å². The van der Waals surface area contributed by atoms with Crippen molar-refractivity contribution in [3.8, 4) is 0 Å². The van der Waals surface area contributed by atoms with Crippen molar-refractivity contribution in [2.75, 3.05) is 18.4 Å². The van der Waals surface area contributed by atoms with Gasteiger partial charge in [0.15, 0.2) is 0 Å². The Labute approximate surface area is 222 Å². The lowest BCUT2D eigenvalue weighted by molar-refractivity contribution is -0.160. The summed E-state index contributed by atoms with van der Waals surface area (Å²) in [7, 11) is -4.24. The number of hydrogen-bond donors (Lipinski definition) is 1. The van der Waals surface area contributed by atoms with Crippen molar-refractivity contribution < 1.29 is 30.9 Å². The molecule has 1 N–H and O–H groups in total. The second kappa shape index (κ2) is 9.21. The number of anilines is 1. The maximum Gasteiger partial charge on any atom is 0.494 e. The minimum Gasteiger partial charge on any atom is -0.399 e. The van der Waals surface area contributed by atoms with Gasteiger partial charge in [0, 0.05) is 25.3 Å².